The molecule has 3 aromatic heterocycles. The van der Waals surface area contributed by atoms with E-state index in [0.717, 1.165) is 92.9 Å². The van der Waals surface area contributed by atoms with Gasteiger partial charge < -0.3 is 8.83 Å². The lowest BCUT2D eigenvalue weighted by molar-refractivity contribution is 0.669. The van der Waals surface area contributed by atoms with E-state index < -0.39 is 0 Å². The lowest BCUT2D eigenvalue weighted by Gasteiger charge is -2.13. The Kier molecular flexibility index (Phi) is 5.60. The Morgan fingerprint density at radius 1 is 0.340 bits per heavy atom. The maximum absolute atomic E-state index is 6.73. The molecule has 0 amide bonds. The quantitative estimate of drug-likeness (QED) is 0.180. The van der Waals surface area contributed by atoms with E-state index in [1.165, 1.54) is 0 Å². The smallest absolute Gasteiger partial charge is 0.164 e. The minimum atomic E-state index is 0.575. The lowest BCUT2D eigenvalue weighted by atomic mass is 9.94. The van der Waals surface area contributed by atoms with Gasteiger partial charge in [-0.3, -0.25) is 0 Å². The molecule has 0 atom stereocenters. The number of fused-ring (bicyclic) bond motifs is 12. The van der Waals surface area contributed by atoms with Crippen LogP contribution in [0.3, 0.4) is 0 Å². The van der Waals surface area contributed by atoms with Crippen LogP contribution in [0.4, 0.5) is 0 Å². The molecule has 5 heteroatoms. The Morgan fingerprint density at radius 2 is 0.880 bits per heavy atom. The summed E-state index contributed by atoms with van der Waals surface area (Å²) in [5.74, 6) is 1.75. The maximum atomic E-state index is 6.73. The predicted octanol–water partition coefficient (Wildman–Crippen LogP) is 12.1. The van der Waals surface area contributed by atoms with Gasteiger partial charge in [0, 0.05) is 43.6 Å². The van der Waals surface area contributed by atoms with Gasteiger partial charge in [0.05, 0.1) is 0 Å². The first-order chi connectivity index (χ1) is 24.8. The van der Waals surface area contributed by atoms with Crippen LogP contribution in [0.2, 0.25) is 0 Å². The van der Waals surface area contributed by atoms with Crippen LogP contribution >= 0.6 is 0 Å². The zero-order valence-electron chi connectivity index (χ0n) is 26.6. The van der Waals surface area contributed by atoms with Crippen LogP contribution in [-0.2, 0) is 0 Å². The molecule has 0 bridgehead atoms. The highest BCUT2D eigenvalue weighted by molar-refractivity contribution is 6.32. The molecule has 8 aromatic carbocycles. The van der Waals surface area contributed by atoms with E-state index in [1.54, 1.807) is 0 Å². The van der Waals surface area contributed by atoms with Gasteiger partial charge in [0.15, 0.2) is 17.5 Å². The Bertz CT molecular complexity index is 3170. The molecular formula is C45H25N3O2. The summed E-state index contributed by atoms with van der Waals surface area (Å²) in [4.78, 5) is 15.7. The van der Waals surface area contributed by atoms with Crippen LogP contribution < -0.4 is 0 Å². The minimum absolute atomic E-state index is 0.575. The van der Waals surface area contributed by atoms with Crippen molar-refractivity contribution in [2.24, 2.45) is 0 Å². The van der Waals surface area contributed by atoms with Crippen LogP contribution in [0.5, 0.6) is 0 Å². The van der Waals surface area contributed by atoms with E-state index >= 15 is 0 Å². The third-order valence-corrected chi connectivity index (χ3v) is 9.90. The van der Waals surface area contributed by atoms with E-state index in [0.29, 0.717) is 17.5 Å². The summed E-state index contributed by atoms with van der Waals surface area (Å²) in [6, 6.07) is 52.1. The number of rotatable bonds is 3. The maximum Gasteiger partial charge on any atom is 0.164 e. The molecule has 0 aliphatic rings. The summed E-state index contributed by atoms with van der Waals surface area (Å²) in [7, 11) is 0. The monoisotopic (exact) mass is 639 g/mol. The van der Waals surface area contributed by atoms with Crippen molar-refractivity contribution in [3.05, 3.63) is 152 Å². The molecule has 0 aliphatic carbocycles. The standard InChI is InChI=1S/C45H25N3O2/c1-2-12-27-25-28(24-23-26(27)11-1)43-46-44(34-19-10-22-38-39(34)32-15-5-7-20-36(32)49-38)48-45(47-43)35-18-9-17-31-29-13-3-4-14-30(29)40-33-16-6-8-21-37(33)50-42(40)41(31)35/h1-25H. The minimum Gasteiger partial charge on any atom is -0.456 e. The van der Waals surface area contributed by atoms with E-state index in [4.69, 9.17) is 23.8 Å². The first-order valence-corrected chi connectivity index (χ1v) is 16.7. The van der Waals surface area contributed by atoms with Crippen LogP contribution in [0, 0.1) is 0 Å². The van der Waals surface area contributed by atoms with Gasteiger partial charge in [-0.05, 0) is 51.2 Å². The molecule has 0 fully saturated rings. The second-order valence-electron chi connectivity index (χ2n) is 12.7. The third kappa shape index (κ3) is 3.92. The third-order valence-electron chi connectivity index (χ3n) is 9.90. The van der Waals surface area contributed by atoms with Crippen molar-refractivity contribution in [1.82, 2.24) is 15.0 Å². The Hall–Kier alpha value is -6.85. The molecule has 0 aliphatic heterocycles. The van der Waals surface area contributed by atoms with Crippen molar-refractivity contribution in [2.45, 2.75) is 0 Å². The number of hydrogen-bond donors (Lipinski definition) is 0. The number of aromatic nitrogens is 3. The molecule has 11 rings (SSSR count). The summed E-state index contributed by atoms with van der Waals surface area (Å²) < 4.78 is 13.0. The van der Waals surface area contributed by atoms with Crippen LogP contribution in [-0.4, -0.2) is 15.0 Å². The number of para-hydroxylation sites is 2. The van der Waals surface area contributed by atoms with Gasteiger partial charge in [0.2, 0.25) is 0 Å². The number of benzene rings is 8. The summed E-state index contributed by atoms with van der Waals surface area (Å²) >= 11 is 0. The van der Waals surface area contributed by atoms with Gasteiger partial charge in [-0.1, -0.05) is 127 Å². The van der Waals surface area contributed by atoms with E-state index in [-0.39, 0.29) is 0 Å². The fourth-order valence-electron chi connectivity index (χ4n) is 7.67. The van der Waals surface area contributed by atoms with Gasteiger partial charge >= 0.3 is 0 Å². The van der Waals surface area contributed by atoms with Crippen molar-refractivity contribution >= 4 is 76.2 Å². The van der Waals surface area contributed by atoms with Gasteiger partial charge in [0.25, 0.3) is 0 Å². The molecular weight excluding hydrogens is 615 g/mol. The zero-order chi connectivity index (χ0) is 32.8. The first kappa shape index (κ1) is 27.1. The predicted molar refractivity (Wildman–Crippen MR) is 203 cm³/mol. The van der Waals surface area contributed by atoms with Crippen molar-refractivity contribution in [2.75, 3.05) is 0 Å². The first-order valence-electron chi connectivity index (χ1n) is 16.7. The Morgan fingerprint density at radius 3 is 1.68 bits per heavy atom. The highest BCUT2D eigenvalue weighted by Crippen LogP contribution is 2.44. The molecule has 50 heavy (non-hydrogen) atoms. The Balaban J connectivity index is 1.27. The molecule has 0 unspecified atom stereocenters. The zero-order valence-corrected chi connectivity index (χ0v) is 26.6. The van der Waals surface area contributed by atoms with Crippen molar-refractivity contribution in [3.63, 3.8) is 0 Å². The second-order valence-corrected chi connectivity index (χ2v) is 12.7. The summed E-state index contributed by atoms with van der Waals surface area (Å²) in [5.41, 5.74) is 5.97. The van der Waals surface area contributed by atoms with Crippen LogP contribution in [0.25, 0.3) is 110 Å². The van der Waals surface area contributed by atoms with Crippen molar-refractivity contribution < 1.29 is 8.83 Å². The summed E-state index contributed by atoms with van der Waals surface area (Å²) in [6.45, 7) is 0. The average molecular weight is 640 g/mol. The highest BCUT2D eigenvalue weighted by Gasteiger charge is 2.22. The summed E-state index contributed by atoms with van der Waals surface area (Å²) in [6.07, 6.45) is 0. The highest BCUT2D eigenvalue weighted by atomic mass is 16.3. The Labute approximate surface area is 285 Å². The number of nitrogens with zero attached hydrogens (tertiary/aromatic N) is 3. The number of hydrogen-bond acceptors (Lipinski definition) is 5. The van der Waals surface area contributed by atoms with Gasteiger partial charge in [0.1, 0.15) is 22.3 Å². The fraction of sp³-hybridized carbons (Fsp3) is 0. The van der Waals surface area contributed by atoms with Gasteiger partial charge in [-0.2, -0.15) is 0 Å². The van der Waals surface area contributed by atoms with Crippen molar-refractivity contribution in [3.8, 4) is 34.2 Å². The topological polar surface area (TPSA) is 65.0 Å². The second kappa shape index (κ2) is 10.3. The summed E-state index contributed by atoms with van der Waals surface area (Å²) in [5, 5.41) is 10.8. The molecule has 0 spiro atoms. The largest absolute Gasteiger partial charge is 0.456 e. The molecule has 0 N–H and O–H groups in total. The molecule has 0 saturated heterocycles. The molecule has 11 aromatic rings. The lowest BCUT2D eigenvalue weighted by Crippen LogP contribution is -2.01. The van der Waals surface area contributed by atoms with E-state index in [1.807, 2.05) is 42.5 Å². The van der Waals surface area contributed by atoms with Crippen LogP contribution in [0.1, 0.15) is 0 Å². The van der Waals surface area contributed by atoms with E-state index in [2.05, 4.69) is 109 Å². The molecule has 0 saturated carbocycles. The van der Waals surface area contributed by atoms with Crippen LogP contribution in [0.15, 0.2) is 160 Å². The molecule has 3 heterocycles. The SMILES string of the molecule is c1ccc2cc(-c3nc(-c4cccc5oc6ccccc6c45)nc(-c4cccc5c6ccccc6c6c7ccccc7oc6c45)n3)ccc2c1. The van der Waals surface area contributed by atoms with Crippen molar-refractivity contribution in [1.29, 1.82) is 0 Å². The fourth-order valence-corrected chi connectivity index (χ4v) is 7.67. The molecule has 232 valence electrons. The van der Waals surface area contributed by atoms with Gasteiger partial charge in [-0.25, -0.2) is 15.0 Å². The molecule has 0 radical (unpaired) electrons. The molecule has 5 nitrogen and oxygen atoms in total. The number of furan rings is 2. The van der Waals surface area contributed by atoms with Gasteiger partial charge in [-0.15, -0.1) is 0 Å². The van der Waals surface area contributed by atoms with E-state index in [9.17, 15) is 0 Å². The average Bonchev–Trinajstić information content (AvgIpc) is 3.77. The normalized spacial score (nSPS) is 12.0.